The maximum atomic E-state index is 5.85. The van der Waals surface area contributed by atoms with E-state index < -0.39 is 0 Å². The van der Waals surface area contributed by atoms with Crippen LogP contribution in [-0.4, -0.2) is 32.2 Å². The first kappa shape index (κ1) is 19.0. The number of hydrogen-bond acceptors (Lipinski definition) is 2. The van der Waals surface area contributed by atoms with Gasteiger partial charge in [-0.05, 0) is 38.0 Å². The molecule has 1 atom stereocenters. The monoisotopic (exact) mass is 391 g/mol. The maximum Gasteiger partial charge on any atom is 0.191 e. The van der Waals surface area contributed by atoms with E-state index in [1.54, 1.807) is 7.05 Å². The molecule has 0 spiro atoms. The van der Waals surface area contributed by atoms with E-state index in [1.807, 2.05) is 25.1 Å². The summed E-state index contributed by atoms with van der Waals surface area (Å²) in [5, 5.41) is 6.48. The Hall–Kier alpha value is -0.980. The van der Waals surface area contributed by atoms with Crippen LogP contribution in [0.25, 0.3) is 0 Å². The van der Waals surface area contributed by atoms with E-state index in [4.69, 9.17) is 4.74 Å². The minimum absolute atomic E-state index is 0. The van der Waals surface area contributed by atoms with Crippen LogP contribution in [0, 0.1) is 6.92 Å². The number of guanidine groups is 1. The fourth-order valence-electron chi connectivity index (χ4n) is 1.67. The lowest BCUT2D eigenvalue weighted by atomic mass is 10.2. The molecule has 0 aromatic heterocycles. The van der Waals surface area contributed by atoms with Crippen LogP contribution in [0.5, 0.6) is 5.75 Å². The first-order valence-electron chi connectivity index (χ1n) is 6.83. The molecule has 1 aromatic carbocycles. The summed E-state index contributed by atoms with van der Waals surface area (Å²) in [4.78, 5) is 4.16. The summed E-state index contributed by atoms with van der Waals surface area (Å²) < 4.78 is 5.85. The predicted octanol–water partition coefficient (Wildman–Crippen LogP) is 2.96. The third-order valence-electron chi connectivity index (χ3n) is 2.65. The lowest BCUT2D eigenvalue weighted by Crippen LogP contribution is -2.42. The van der Waals surface area contributed by atoms with Gasteiger partial charge in [-0.15, -0.1) is 24.0 Å². The highest BCUT2D eigenvalue weighted by Gasteiger charge is 2.05. The minimum atomic E-state index is 0. The molecule has 1 aromatic rings. The smallest absolute Gasteiger partial charge is 0.191 e. The summed E-state index contributed by atoms with van der Waals surface area (Å²) in [7, 11) is 1.77. The summed E-state index contributed by atoms with van der Waals surface area (Å²) in [6, 6.07) is 8.09. The van der Waals surface area contributed by atoms with Gasteiger partial charge in [-0.25, -0.2) is 0 Å². The number of hydrogen-bond donors (Lipinski definition) is 2. The molecule has 0 aliphatic rings. The highest BCUT2D eigenvalue weighted by atomic mass is 127. The molecule has 2 N–H and O–H groups in total. The summed E-state index contributed by atoms with van der Waals surface area (Å²) in [6.45, 7) is 7.88. The second-order valence-corrected chi connectivity index (χ2v) is 4.62. The molecule has 0 fully saturated rings. The maximum absolute atomic E-state index is 5.85. The van der Waals surface area contributed by atoms with Gasteiger partial charge in [-0.1, -0.05) is 19.1 Å². The molecule has 1 rings (SSSR count). The van der Waals surface area contributed by atoms with E-state index in [1.165, 1.54) is 5.56 Å². The van der Waals surface area contributed by atoms with E-state index in [-0.39, 0.29) is 30.1 Å². The van der Waals surface area contributed by atoms with Crippen LogP contribution in [0.15, 0.2) is 29.3 Å². The fourth-order valence-corrected chi connectivity index (χ4v) is 1.67. The molecule has 0 radical (unpaired) electrons. The van der Waals surface area contributed by atoms with E-state index in [0.717, 1.165) is 31.2 Å². The Labute approximate surface area is 139 Å². The number of ether oxygens (including phenoxy) is 1. The van der Waals surface area contributed by atoms with E-state index in [2.05, 4.69) is 35.5 Å². The van der Waals surface area contributed by atoms with Gasteiger partial charge in [0, 0.05) is 13.6 Å². The van der Waals surface area contributed by atoms with Gasteiger partial charge in [0.1, 0.15) is 11.9 Å². The molecule has 1 unspecified atom stereocenters. The van der Waals surface area contributed by atoms with Crippen molar-refractivity contribution in [1.82, 2.24) is 10.6 Å². The Morgan fingerprint density at radius 2 is 2.10 bits per heavy atom. The molecule has 0 heterocycles. The van der Waals surface area contributed by atoms with Crippen LogP contribution in [0.2, 0.25) is 0 Å². The van der Waals surface area contributed by atoms with Crippen LogP contribution in [-0.2, 0) is 0 Å². The number of halogens is 1. The van der Waals surface area contributed by atoms with Crippen molar-refractivity contribution in [3.63, 3.8) is 0 Å². The molecule has 0 bridgehead atoms. The standard InChI is InChI=1S/C15H25N3O.HI/c1-5-9-17-15(16-4)18-11-13(3)19-14-8-6-7-12(2)10-14;/h6-8,10,13H,5,9,11H2,1-4H3,(H2,16,17,18);1H. The number of rotatable bonds is 6. The van der Waals surface area contributed by atoms with E-state index in [0.29, 0.717) is 0 Å². The predicted molar refractivity (Wildman–Crippen MR) is 96.3 cm³/mol. The largest absolute Gasteiger partial charge is 0.489 e. The zero-order valence-corrected chi connectivity index (χ0v) is 15.1. The van der Waals surface area contributed by atoms with Gasteiger partial charge in [0.25, 0.3) is 0 Å². The van der Waals surface area contributed by atoms with Gasteiger partial charge in [0.15, 0.2) is 5.96 Å². The lowest BCUT2D eigenvalue weighted by Gasteiger charge is -2.17. The molecular formula is C15H26IN3O. The molecule has 0 saturated heterocycles. The summed E-state index contributed by atoms with van der Waals surface area (Å²) in [5.41, 5.74) is 1.21. The van der Waals surface area contributed by atoms with Crippen molar-refractivity contribution in [3.05, 3.63) is 29.8 Å². The van der Waals surface area contributed by atoms with Crippen molar-refractivity contribution in [3.8, 4) is 5.75 Å². The Morgan fingerprint density at radius 3 is 2.70 bits per heavy atom. The molecule has 0 saturated carbocycles. The molecule has 5 heteroatoms. The average Bonchev–Trinajstić information content (AvgIpc) is 2.39. The summed E-state index contributed by atoms with van der Waals surface area (Å²) >= 11 is 0. The highest BCUT2D eigenvalue weighted by molar-refractivity contribution is 14.0. The van der Waals surface area contributed by atoms with E-state index in [9.17, 15) is 0 Å². The zero-order valence-electron chi connectivity index (χ0n) is 12.8. The Morgan fingerprint density at radius 1 is 1.35 bits per heavy atom. The SMILES string of the molecule is CCCNC(=NC)NCC(C)Oc1cccc(C)c1.I. The summed E-state index contributed by atoms with van der Waals surface area (Å²) in [6.07, 6.45) is 1.16. The molecule has 0 aliphatic carbocycles. The molecular weight excluding hydrogens is 365 g/mol. The molecule has 20 heavy (non-hydrogen) atoms. The second kappa shape index (κ2) is 10.8. The van der Waals surface area contributed by atoms with Crippen LogP contribution < -0.4 is 15.4 Å². The van der Waals surface area contributed by atoms with Gasteiger partial charge in [-0.3, -0.25) is 4.99 Å². The quantitative estimate of drug-likeness (QED) is 0.445. The van der Waals surface area contributed by atoms with E-state index >= 15 is 0 Å². The molecule has 114 valence electrons. The zero-order chi connectivity index (χ0) is 14.1. The van der Waals surface area contributed by atoms with Gasteiger partial charge >= 0.3 is 0 Å². The van der Waals surface area contributed by atoms with Crippen molar-refractivity contribution in [2.24, 2.45) is 4.99 Å². The van der Waals surface area contributed by atoms with Crippen molar-refractivity contribution >= 4 is 29.9 Å². The molecule has 0 aliphatic heterocycles. The topological polar surface area (TPSA) is 45.7 Å². The number of aryl methyl sites for hydroxylation is 1. The van der Waals surface area contributed by atoms with Crippen LogP contribution in [0.3, 0.4) is 0 Å². The van der Waals surface area contributed by atoms with Crippen molar-refractivity contribution < 1.29 is 4.74 Å². The Balaban J connectivity index is 0.00000361. The summed E-state index contributed by atoms with van der Waals surface area (Å²) in [5.74, 6) is 1.73. The fraction of sp³-hybridized carbons (Fsp3) is 0.533. The Bertz CT molecular complexity index is 410. The van der Waals surface area contributed by atoms with Crippen molar-refractivity contribution in [2.75, 3.05) is 20.1 Å². The van der Waals surface area contributed by atoms with Crippen LogP contribution in [0.1, 0.15) is 25.8 Å². The van der Waals surface area contributed by atoms with Gasteiger partial charge < -0.3 is 15.4 Å². The van der Waals surface area contributed by atoms with Gasteiger partial charge in [0.05, 0.1) is 6.54 Å². The van der Waals surface area contributed by atoms with Gasteiger partial charge in [-0.2, -0.15) is 0 Å². The third-order valence-corrected chi connectivity index (χ3v) is 2.65. The second-order valence-electron chi connectivity index (χ2n) is 4.62. The number of nitrogens with one attached hydrogen (secondary N) is 2. The first-order chi connectivity index (χ1) is 9.15. The molecule has 4 nitrogen and oxygen atoms in total. The number of nitrogens with zero attached hydrogens (tertiary/aromatic N) is 1. The average molecular weight is 391 g/mol. The number of benzene rings is 1. The van der Waals surface area contributed by atoms with Crippen LogP contribution >= 0.6 is 24.0 Å². The van der Waals surface area contributed by atoms with Crippen LogP contribution in [0.4, 0.5) is 0 Å². The normalized spacial score (nSPS) is 12.3. The molecule has 0 amide bonds. The number of aliphatic imine (C=N–C) groups is 1. The minimum Gasteiger partial charge on any atom is -0.489 e. The lowest BCUT2D eigenvalue weighted by molar-refractivity contribution is 0.223. The van der Waals surface area contributed by atoms with Crippen molar-refractivity contribution in [2.45, 2.75) is 33.3 Å². The highest BCUT2D eigenvalue weighted by Crippen LogP contribution is 2.13. The Kier molecular flexibility index (Phi) is 10.2. The van der Waals surface area contributed by atoms with Gasteiger partial charge in [0.2, 0.25) is 0 Å². The first-order valence-corrected chi connectivity index (χ1v) is 6.83. The third kappa shape index (κ3) is 7.57. The van der Waals surface area contributed by atoms with Crippen molar-refractivity contribution in [1.29, 1.82) is 0 Å².